The molecule has 0 atom stereocenters. The number of phenols is 1. The van der Waals surface area contributed by atoms with Crippen LogP contribution < -0.4 is 0 Å². The second kappa shape index (κ2) is 12.4. The molecule has 8 aromatic carbocycles. The van der Waals surface area contributed by atoms with E-state index in [0.29, 0.717) is 11.4 Å². The highest BCUT2D eigenvalue weighted by molar-refractivity contribution is 6.24. The molecule has 0 spiro atoms. The summed E-state index contributed by atoms with van der Waals surface area (Å²) in [5.74, 6) is 0.853. The van der Waals surface area contributed by atoms with Crippen molar-refractivity contribution in [1.82, 2.24) is 9.55 Å². The highest BCUT2D eigenvalue weighted by atomic mass is 16.3. The van der Waals surface area contributed by atoms with Gasteiger partial charge in [-0.2, -0.15) is 0 Å². The van der Waals surface area contributed by atoms with E-state index < -0.39 is 0 Å². The molecule has 50 heavy (non-hydrogen) atoms. The van der Waals surface area contributed by atoms with Gasteiger partial charge < -0.3 is 5.11 Å². The number of nitrogens with zero attached hydrogens (tertiary/aromatic N) is 2. The van der Waals surface area contributed by atoms with E-state index in [1.807, 2.05) is 48.5 Å². The zero-order valence-corrected chi connectivity index (χ0v) is 27.2. The molecule has 0 saturated heterocycles. The van der Waals surface area contributed by atoms with Gasteiger partial charge in [0.25, 0.3) is 0 Å². The second-order valence-electron chi connectivity index (χ2n) is 12.5. The van der Waals surface area contributed by atoms with E-state index >= 15 is 0 Å². The van der Waals surface area contributed by atoms with E-state index in [0.717, 1.165) is 66.3 Å². The molecule has 3 nitrogen and oxygen atoms in total. The van der Waals surface area contributed by atoms with Crippen LogP contribution in [0, 0.1) is 0 Å². The van der Waals surface area contributed by atoms with Crippen molar-refractivity contribution in [3.8, 4) is 22.8 Å². The Bertz CT molecular complexity index is 2640. The van der Waals surface area contributed by atoms with Crippen LogP contribution in [-0.2, 0) is 0 Å². The third-order valence-corrected chi connectivity index (χ3v) is 9.51. The Labute approximate surface area is 290 Å². The number of para-hydroxylation sites is 1. The Morgan fingerprint density at radius 2 is 0.860 bits per heavy atom. The fraction of sp³-hybridized carbons (Fsp3) is 0. The maximum absolute atomic E-state index is 12.1. The summed E-state index contributed by atoms with van der Waals surface area (Å²) in [4.78, 5) is 5.35. The van der Waals surface area contributed by atoms with Gasteiger partial charge in [-0.15, -0.1) is 0 Å². The highest BCUT2D eigenvalue weighted by Crippen LogP contribution is 2.43. The van der Waals surface area contributed by atoms with Gasteiger partial charge in [0.05, 0.1) is 16.6 Å². The van der Waals surface area contributed by atoms with Gasteiger partial charge in [-0.1, -0.05) is 164 Å². The zero-order valence-electron chi connectivity index (χ0n) is 27.2. The van der Waals surface area contributed by atoms with Gasteiger partial charge in [-0.3, -0.25) is 4.57 Å². The number of rotatable bonds is 6. The fourth-order valence-corrected chi connectivity index (χ4v) is 7.32. The average molecular weight is 641 g/mol. The minimum absolute atomic E-state index is 0.164. The molecule has 0 fully saturated rings. The van der Waals surface area contributed by atoms with Crippen LogP contribution in [0.3, 0.4) is 0 Å². The summed E-state index contributed by atoms with van der Waals surface area (Å²) in [6.45, 7) is 0. The lowest BCUT2D eigenvalue weighted by Crippen LogP contribution is -2.00. The third-order valence-electron chi connectivity index (χ3n) is 9.51. The first kappa shape index (κ1) is 29.4. The molecule has 0 amide bonds. The summed E-state index contributed by atoms with van der Waals surface area (Å²) in [6, 6.07) is 64.7. The van der Waals surface area contributed by atoms with E-state index in [4.69, 9.17) is 4.98 Å². The molecular weight excluding hydrogens is 609 g/mol. The van der Waals surface area contributed by atoms with Gasteiger partial charge in [0, 0.05) is 16.5 Å². The molecule has 9 aromatic rings. The predicted octanol–water partition coefficient (Wildman–Crippen LogP) is 11.7. The Morgan fingerprint density at radius 1 is 0.420 bits per heavy atom. The molecule has 1 N–H and O–H groups in total. The van der Waals surface area contributed by atoms with Crippen LogP contribution in [0.4, 0.5) is 0 Å². The minimum atomic E-state index is 0.164. The number of phenolic OH excluding ortho intramolecular Hbond substituents is 1. The first-order chi connectivity index (χ1) is 24.8. The number of aromatic nitrogens is 2. The molecule has 0 unspecified atom stereocenters. The average Bonchev–Trinajstić information content (AvgIpc) is 3.59. The summed E-state index contributed by atoms with van der Waals surface area (Å²) >= 11 is 0. The topological polar surface area (TPSA) is 38.1 Å². The number of hydrogen-bond acceptors (Lipinski definition) is 2. The number of fused-ring (bicyclic) bond motifs is 6. The van der Waals surface area contributed by atoms with Gasteiger partial charge in [-0.25, -0.2) is 4.98 Å². The lowest BCUT2D eigenvalue weighted by molar-refractivity contribution is 0.476. The molecule has 0 aliphatic rings. The second-order valence-corrected chi connectivity index (χ2v) is 12.5. The van der Waals surface area contributed by atoms with E-state index in [2.05, 4.69) is 144 Å². The van der Waals surface area contributed by atoms with Crippen molar-refractivity contribution >= 4 is 43.7 Å². The summed E-state index contributed by atoms with van der Waals surface area (Å²) < 4.78 is 2.20. The molecule has 0 radical (unpaired) electrons. The van der Waals surface area contributed by atoms with Gasteiger partial charge in [0.15, 0.2) is 0 Å². The van der Waals surface area contributed by atoms with Gasteiger partial charge in [0.2, 0.25) is 0 Å². The molecular formula is C47H32N2O. The Morgan fingerprint density at radius 3 is 1.40 bits per heavy atom. The van der Waals surface area contributed by atoms with Crippen LogP contribution in [0.1, 0.15) is 22.3 Å². The Kier molecular flexibility index (Phi) is 7.29. The van der Waals surface area contributed by atoms with Crippen molar-refractivity contribution in [2.24, 2.45) is 0 Å². The largest absolute Gasteiger partial charge is 0.507 e. The standard InChI is InChI=1S/C47H32N2O/c50-42-31-35(44(34-21-9-3-10-22-34)43(32-17-5-1-6-18-32)33-19-7-2-8-20-33)29-30-41(42)47-48-45-39-27-15-13-25-37(39)38-26-14-16-28-40(38)46(45)49(47)36-23-11-4-12-24-36/h1-31,50H. The van der Waals surface area contributed by atoms with Gasteiger partial charge >= 0.3 is 0 Å². The maximum Gasteiger partial charge on any atom is 0.149 e. The van der Waals surface area contributed by atoms with Crippen LogP contribution >= 0.6 is 0 Å². The quantitative estimate of drug-likeness (QED) is 0.145. The van der Waals surface area contributed by atoms with E-state index in [9.17, 15) is 5.11 Å². The van der Waals surface area contributed by atoms with Crippen LogP contribution in [-0.4, -0.2) is 14.7 Å². The molecule has 1 aromatic heterocycles. The maximum atomic E-state index is 12.1. The summed E-state index contributed by atoms with van der Waals surface area (Å²) in [6.07, 6.45) is 0. The summed E-state index contributed by atoms with van der Waals surface area (Å²) in [7, 11) is 0. The fourth-order valence-electron chi connectivity index (χ4n) is 7.32. The normalized spacial score (nSPS) is 11.3. The van der Waals surface area contributed by atoms with Crippen molar-refractivity contribution in [2.75, 3.05) is 0 Å². The number of benzene rings is 8. The summed E-state index contributed by atoms with van der Waals surface area (Å²) in [5, 5.41) is 16.6. The molecule has 1 heterocycles. The van der Waals surface area contributed by atoms with Crippen molar-refractivity contribution in [1.29, 1.82) is 0 Å². The van der Waals surface area contributed by atoms with E-state index in [1.165, 1.54) is 5.39 Å². The van der Waals surface area contributed by atoms with Crippen LogP contribution in [0.15, 0.2) is 188 Å². The van der Waals surface area contributed by atoms with Crippen LogP contribution in [0.25, 0.3) is 60.8 Å². The van der Waals surface area contributed by atoms with Gasteiger partial charge in [-0.05, 0) is 68.4 Å². The van der Waals surface area contributed by atoms with Crippen molar-refractivity contribution in [3.63, 3.8) is 0 Å². The third kappa shape index (κ3) is 4.96. The lowest BCUT2D eigenvalue weighted by Gasteiger charge is -2.19. The first-order valence-corrected chi connectivity index (χ1v) is 16.9. The monoisotopic (exact) mass is 640 g/mol. The molecule has 0 aliphatic carbocycles. The minimum Gasteiger partial charge on any atom is -0.507 e. The SMILES string of the molecule is Oc1cc(C(=C(c2ccccc2)c2ccccc2)c2ccccc2)ccc1-c1nc2c3ccccc3c3ccccc3c2n1-c1ccccc1. The molecule has 236 valence electrons. The van der Waals surface area contributed by atoms with Crippen molar-refractivity contribution < 1.29 is 5.11 Å². The summed E-state index contributed by atoms with van der Waals surface area (Å²) in [5.41, 5.74) is 9.89. The molecule has 0 saturated carbocycles. The Hall–Kier alpha value is -6.71. The molecule has 0 aliphatic heterocycles. The molecule has 0 bridgehead atoms. The highest BCUT2D eigenvalue weighted by Gasteiger charge is 2.23. The van der Waals surface area contributed by atoms with Crippen LogP contribution in [0.2, 0.25) is 0 Å². The number of imidazole rings is 1. The number of hydrogen-bond donors (Lipinski definition) is 1. The predicted molar refractivity (Wildman–Crippen MR) is 208 cm³/mol. The Balaban J connectivity index is 1.34. The van der Waals surface area contributed by atoms with Crippen molar-refractivity contribution in [3.05, 3.63) is 210 Å². The lowest BCUT2D eigenvalue weighted by atomic mass is 9.85. The molecule has 3 heteroatoms. The van der Waals surface area contributed by atoms with Gasteiger partial charge in [0.1, 0.15) is 11.6 Å². The molecule has 9 rings (SSSR count). The zero-order chi connectivity index (χ0) is 33.4. The first-order valence-electron chi connectivity index (χ1n) is 16.9. The van der Waals surface area contributed by atoms with E-state index in [-0.39, 0.29) is 5.75 Å². The number of aromatic hydroxyl groups is 1. The van der Waals surface area contributed by atoms with E-state index in [1.54, 1.807) is 0 Å². The van der Waals surface area contributed by atoms with Crippen LogP contribution in [0.5, 0.6) is 5.75 Å². The van der Waals surface area contributed by atoms with Crippen molar-refractivity contribution in [2.45, 2.75) is 0 Å². The smallest absolute Gasteiger partial charge is 0.149 e.